The van der Waals surface area contributed by atoms with E-state index in [2.05, 4.69) is 44.0 Å². The fraction of sp³-hybridized carbons (Fsp3) is 0.118. The Morgan fingerprint density at radius 3 is 2.67 bits per heavy atom. The highest BCUT2D eigenvalue weighted by Crippen LogP contribution is 2.23. The van der Waals surface area contributed by atoms with Crippen molar-refractivity contribution >= 4 is 22.5 Å². The first-order valence-corrected chi connectivity index (χ1v) is 8.05. The van der Waals surface area contributed by atoms with Gasteiger partial charge in [0, 0.05) is 10.5 Å². The van der Waals surface area contributed by atoms with Gasteiger partial charge in [0.2, 0.25) is 5.82 Å². The molecule has 2 aromatic heterocycles. The summed E-state index contributed by atoms with van der Waals surface area (Å²) in [4.78, 5) is 3.46. The topological polar surface area (TPSA) is 76.0 Å². The number of tetrazole rings is 1. The van der Waals surface area contributed by atoms with Crippen LogP contribution in [0.4, 0.5) is 0 Å². The standard InChI is InChI=1S/C17H15ClN6/c1-19-16(15-10-11-4-2-3-5-14(11)20-15)17-21-22-23-24(17)13-8-6-12(18)7-9-13/h2-10,16,19-20H,1H3/p+1/t16-/m1/s1. The lowest BCUT2D eigenvalue weighted by atomic mass is 10.1. The molecule has 0 radical (unpaired) electrons. The van der Waals surface area contributed by atoms with E-state index >= 15 is 0 Å². The van der Waals surface area contributed by atoms with E-state index in [1.165, 1.54) is 5.39 Å². The normalized spacial score (nSPS) is 12.6. The minimum absolute atomic E-state index is 0.0388. The number of aromatic nitrogens is 5. The number of aromatic amines is 1. The van der Waals surface area contributed by atoms with Gasteiger partial charge in [-0.25, -0.2) is 0 Å². The van der Waals surface area contributed by atoms with Crippen LogP contribution in [0.5, 0.6) is 0 Å². The fourth-order valence-corrected chi connectivity index (χ4v) is 3.01. The largest absolute Gasteiger partial charge is 0.353 e. The molecule has 120 valence electrons. The van der Waals surface area contributed by atoms with Crippen LogP contribution in [0.1, 0.15) is 17.6 Å². The second-order valence-corrected chi connectivity index (χ2v) is 5.98. The lowest BCUT2D eigenvalue weighted by Gasteiger charge is -2.11. The van der Waals surface area contributed by atoms with E-state index in [0.717, 1.165) is 22.7 Å². The number of nitrogens with two attached hydrogens (primary N) is 1. The van der Waals surface area contributed by atoms with Gasteiger partial charge in [-0.05, 0) is 52.2 Å². The zero-order valence-corrected chi connectivity index (χ0v) is 13.8. The van der Waals surface area contributed by atoms with E-state index in [1.54, 1.807) is 4.68 Å². The van der Waals surface area contributed by atoms with Crippen molar-refractivity contribution in [1.29, 1.82) is 0 Å². The van der Waals surface area contributed by atoms with Crippen LogP contribution in [0.2, 0.25) is 5.02 Å². The lowest BCUT2D eigenvalue weighted by molar-refractivity contribution is -0.662. The second-order valence-electron chi connectivity index (χ2n) is 5.55. The highest BCUT2D eigenvalue weighted by Gasteiger charge is 2.25. The van der Waals surface area contributed by atoms with Gasteiger partial charge in [-0.3, -0.25) is 0 Å². The van der Waals surface area contributed by atoms with E-state index in [1.807, 2.05) is 43.4 Å². The molecule has 0 saturated heterocycles. The maximum Gasteiger partial charge on any atom is 0.220 e. The van der Waals surface area contributed by atoms with Crippen LogP contribution < -0.4 is 5.32 Å². The third kappa shape index (κ3) is 2.55. The van der Waals surface area contributed by atoms with E-state index in [4.69, 9.17) is 11.6 Å². The Hall–Kier alpha value is -2.70. The number of fused-ring (bicyclic) bond motifs is 1. The van der Waals surface area contributed by atoms with Crippen molar-refractivity contribution in [2.24, 2.45) is 0 Å². The molecule has 7 heteroatoms. The molecule has 0 aliphatic rings. The number of hydrogen-bond acceptors (Lipinski definition) is 3. The number of halogens is 1. The Morgan fingerprint density at radius 1 is 1.12 bits per heavy atom. The molecule has 1 atom stereocenters. The van der Waals surface area contributed by atoms with Crippen molar-refractivity contribution in [3.8, 4) is 5.69 Å². The summed E-state index contributed by atoms with van der Waals surface area (Å²) >= 11 is 5.97. The number of hydrogen-bond donors (Lipinski definition) is 2. The van der Waals surface area contributed by atoms with Crippen LogP contribution in [0.3, 0.4) is 0 Å². The third-order valence-electron chi connectivity index (χ3n) is 4.06. The van der Waals surface area contributed by atoms with E-state index in [-0.39, 0.29) is 6.04 Å². The molecule has 3 N–H and O–H groups in total. The quantitative estimate of drug-likeness (QED) is 0.597. The van der Waals surface area contributed by atoms with E-state index in [9.17, 15) is 0 Å². The summed E-state index contributed by atoms with van der Waals surface area (Å²) < 4.78 is 1.74. The number of para-hydroxylation sites is 1. The number of benzene rings is 2. The number of quaternary nitrogens is 1. The molecule has 0 saturated carbocycles. The van der Waals surface area contributed by atoms with Crippen molar-refractivity contribution in [3.63, 3.8) is 0 Å². The summed E-state index contributed by atoms with van der Waals surface area (Å²) in [5.41, 5.74) is 3.04. The highest BCUT2D eigenvalue weighted by molar-refractivity contribution is 6.30. The summed E-state index contributed by atoms with van der Waals surface area (Å²) in [6.45, 7) is 0. The molecule has 0 aliphatic heterocycles. The Morgan fingerprint density at radius 2 is 1.92 bits per heavy atom. The van der Waals surface area contributed by atoms with Gasteiger partial charge in [-0.15, -0.1) is 5.10 Å². The zero-order chi connectivity index (χ0) is 16.5. The molecule has 0 unspecified atom stereocenters. The third-order valence-corrected chi connectivity index (χ3v) is 4.31. The average molecular weight is 340 g/mol. The molecule has 2 aromatic carbocycles. The molecule has 4 rings (SSSR count). The van der Waals surface area contributed by atoms with Crippen LogP contribution in [-0.4, -0.2) is 32.2 Å². The molecule has 0 spiro atoms. The van der Waals surface area contributed by atoms with Crippen molar-refractivity contribution in [2.45, 2.75) is 6.04 Å². The second kappa shape index (κ2) is 6.07. The van der Waals surface area contributed by atoms with Gasteiger partial charge < -0.3 is 10.3 Å². The fourth-order valence-electron chi connectivity index (χ4n) is 2.89. The Labute approximate surface area is 143 Å². The Balaban J connectivity index is 1.79. The van der Waals surface area contributed by atoms with Gasteiger partial charge in [-0.2, -0.15) is 4.68 Å². The van der Waals surface area contributed by atoms with Gasteiger partial charge in [0.1, 0.15) is 0 Å². The summed E-state index contributed by atoms with van der Waals surface area (Å²) in [5, 5.41) is 16.2. The Kier molecular flexibility index (Phi) is 3.76. The van der Waals surface area contributed by atoms with Crippen molar-refractivity contribution in [2.75, 3.05) is 7.05 Å². The Bertz CT molecular complexity index is 939. The molecule has 0 fully saturated rings. The molecular weight excluding hydrogens is 324 g/mol. The first-order chi connectivity index (χ1) is 11.8. The molecule has 2 heterocycles. The lowest BCUT2D eigenvalue weighted by Crippen LogP contribution is -2.81. The number of H-pyrrole nitrogens is 1. The molecular formula is C17H16ClN6+. The molecule has 6 nitrogen and oxygen atoms in total. The van der Waals surface area contributed by atoms with Crippen LogP contribution in [0.15, 0.2) is 54.6 Å². The van der Waals surface area contributed by atoms with Gasteiger partial charge in [-0.1, -0.05) is 29.8 Å². The van der Waals surface area contributed by atoms with Gasteiger partial charge in [0.25, 0.3) is 0 Å². The summed E-state index contributed by atoms with van der Waals surface area (Å²) in [5.74, 6) is 0.756. The van der Waals surface area contributed by atoms with Gasteiger partial charge in [0.05, 0.1) is 18.4 Å². The molecule has 0 aliphatic carbocycles. The van der Waals surface area contributed by atoms with Crippen LogP contribution in [0.25, 0.3) is 16.6 Å². The van der Waals surface area contributed by atoms with Gasteiger partial charge >= 0.3 is 0 Å². The summed E-state index contributed by atoms with van der Waals surface area (Å²) in [7, 11) is 2.01. The zero-order valence-electron chi connectivity index (χ0n) is 13.0. The first-order valence-electron chi connectivity index (χ1n) is 7.67. The van der Waals surface area contributed by atoms with Crippen LogP contribution >= 0.6 is 11.6 Å². The SMILES string of the molecule is C[NH2+][C@H](c1cc2ccccc2[nH]1)c1nnnn1-c1ccc(Cl)cc1. The predicted octanol–water partition coefficient (Wildman–Crippen LogP) is 2.08. The highest BCUT2D eigenvalue weighted by atomic mass is 35.5. The molecule has 24 heavy (non-hydrogen) atoms. The first kappa shape index (κ1) is 14.9. The minimum atomic E-state index is -0.0388. The van der Waals surface area contributed by atoms with Gasteiger partial charge in [0.15, 0.2) is 6.04 Å². The molecule has 0 bridgehead atoms. The van der Waals surface area contributed by atoms with Crippen molar-refractivity contribution < 1.29 is 5.32 Å². The number of rotatable bonds is 4. The predicted molar refractivity (Wildman–Crippen MR) is 92.2 cm³/mol. The van der Waals surface area contributed by atoms with E-state index in [0.29, 0.717) is 5.02 Å². The molecule has 4 aromatic rings. The summed E-state index contributed by atoms with van der Waals surface area (Å²) in [6.07, 6.45) is 0. The number of nitrogens with one attached hydrogen (secondary N) is 1. The maximum absolute atomic E-state index is 5.97. The van der Waals surface area contributed by atoms with E-state index < -0.39 is 0 Å². The number of nitrogens with zero attached hydrogens (tertiary/aromatic N) is 4. The smallest absolute Gasteiger partial charge is 0.220 e. The maximum atomic E-state index is 5.97. The monoisotopic (exact) mass is 339 g/mol. The minimum Gasteiger partial charge on any atom is -0.353 e. The van der Waals surface area contributed by atoms with Crippen LogP contribution in [-0.2, 0) is 0 Å². The average Bonchev–Trinajstić information content (AvgIpc) is 3.23. The summed E-state index contributed by atoms with van der Waals surface area (Å²) in [6, 6.07) is 17.8. The molecule has 0 amide bonds. The van der Waals surface area contributed by atoms with Crippen molar-refractivity contribution in [1.82, 2.24) is 25.2 Å². The van der Waals surface area contributed by atoms with Crippen molar-refractivity contribution in [3.05, 3.63) is 71.1 Å². The van der Waals surface area contributed by atoms with Crippen LogP contribution in [0, 0.1) is 0 Å².